The van der Waals surface area contributed by atoms with Gasteiger partial charge in [0.1, 0.15) is 16.9 Å². The average molecular weight is 567 g/mol. The molecule has 2 aromatic heterocycles. The Morgan fingerprint density at radius 3 is 2.36 bits per heavy atom. The van der Waals surface area contributed by atoms with Crippen LogP contribution >= 0.6 is 11.6 Å². The molecule has 0 radical (unpaired) electrons. The molecule has 2 aromatic carbocycles. The van der Waals surface area contributed by atoms with Crippen LogP contribution in [-0.2, 0) is 16.6 Å². The van der Waals surface area contributed by atoms with Crippen LogP contribution in [0.5, 0.6) is 0 Å². The van der Waals surface area contributed by atoms with Gasteiger partial charge in [0.15, 0.2) is 5.65 Å². The van der Waals surface area contributed by atoms with Gasteiger partial charge in [-0.25, -0.2) is 18.1 Å². The first kappa shape index (κ1) is 26.6. The normalized spacial score (nSPS) is 14.4. The average Bonchev–Trinajstić information content (AvgIpc) is 3.36. The number of rotatable bonds is 7. The zero-order valence-corrected chi connectivity index (χ0v) is 22.7. The standard InChI is InChI=1S/C27H27ClN6O4S/c1-39(37,38)32-26(35)22-17-31-34-24(22)30-16-23(25(34)29-15-18-5-3-2-4-6-18)27(36)33-13-11-20(12-14-33)19-7-9-21(28)10-8-19/h2-10,16-17,20,29H,11-15H2,1H3,(H,32,35). The van der Waals surface area contributed by atoms with Crippen LogP contribution in [0.15, 0.2) is 67.0 Å². The van der Waals surface area contributed by atoms with Gasteiger partial charge in [-0.1, -0.05) is 54.1 Å². The molecule has 3 heterocycles. The monoisotopic (exact) mass is 566 g/mol. The summed E-state index contributed by atoms with van der Waals surface area (Å²) < 4.78 is 26.5. The van der Waals surface area contributed by atoms with Crippen molar-refractivity contribution in [1.29, 1.82) is 0 Å². The molecule has 0 atom stereocenters. The number of fused-ring (bicyclic) bond motifs is 1. The zero-order valence-electron chi connectivity index (χ0n) is 21.2. The lowest BCUT2D eigenvalue weighted by atomic mass is 9.89. The highest BCUT2D eigenvalue weighted by molar-refractivity contribution is 7.89. The van der Waals surface area contributed by atoms with Crippen LogP contribution in [0.1, 0.15) is 50.6 Å². The molecule has 1 saturated heterocycles. The highest BCUT2D eigenvalue weighted by atomic mass is 35.5. The van der Waals surface area contributed by atoms with Gasteiger partial charge in [0.2, 0.25) is 10.0 Å². The van der Waals surface area contributed by atoms with E-state index in [4.69, 9.17) is 11.6 Å². The van der Waals surface area contributed by atoms with E-state index in [1.165, 1.54) is 22.5 Å². The summed E-state index contributed by atoms with van der Waals surface area (Å²) in [5, 5.41) is 8.26. The number of sulfonamides is 1. The number of nitrogens with zero attached hydrogens (tertiary/aromatic N) is 4. The van der Waals surface area contributed by atoms with E-state index >= 15 is 0 Å². The summed E-state index contributed by atoms with van der Waals surface area (Å²) >= 11 is 6.03. The van der Waals surface area contributed by atoms with Crippen molar-refractivity contribution in [3.05, 3.63) is 94.3 Å². The van der Waals surface area contributed by atoms with Crippen LogP contribution in [0, 0.1) is 0 Å². The van der Waals surface area contributed by atoms with Crippen LogP contribution in [0.4, 0.5) is 5.82 Å². The van der Waals surface area contributed by atoms with Crippen molar-refractivity contribution in [1.82, 2.24) is 24.2 Å². The van der Waals surface area contributed by atoms with Crippen LogP contribution in [0.2, 0.25) is 5.02 Å². The summed E-state index contributed by atoms with van der Waals surface area (Å²) in [5.74, 6) is -0.346. The maximum absolute atomic E-state index is 13.7. The maximum atomic E-state index is 13.7. The fraction of sp³-hybridized carbons (Fsp3) is 0.259. The maximum Gasteiger partial charge on any atom is 0.270 e. The van der Waals surface area contributed by atoms with Crippen LogP contribution < -0.4 is 10.0 Å². The lowest BCUT2D eigenvalue weighted by Crippen LogP contribution is -2.38. The van der Waals surface area contributed by atoms with Gasteiger partial charge in [-0.05, 0) is 42.0 Å². The zero-order chi connectivity index (χ0) is 27.6. The second kappa shape index (κ2) is 11.0. The molecule has 2 N–H and O–H groups in total. The molecule has 39 heavy (non-hydrogen) atoms. The molecule has 2 amide bonds. The third-order valence-electron chi connectivity index (χ3n) is 6.71. The number of nitrogens with one attached hydrogen (secondary N) is 2. The minimum absolute atomic E-state index is 0.0223. The van der Waals surface area contributed by atoms with E-state index in [1.807, 2.05) is 59.3 Å². The Bertz CT molecular complexity index is 1620. The van der Waals surface area contributed by atoms with Gasteiger partial charge in [0.05, 0.1) is 12.5 Å². The Kier molecular flexibility index (Phi) is 7.53. The number of benzene rings is 2. The number of hydrogen-bond acceptors (Lipinski definition) is 7. The Morgan fingerprint density at radius 1 is 1.00 bits per heavy atom. The number of halogens is 1. The summed E-state index contributed by atoms with van der Waals surface area (Å²) in [6, 6.07) is 17.5. The molecule has 0 saturated carbocycles. The molecule has 202 valence electrons. The first-order valence-electron chi connectivity index (χ1n) is 12.4. The smallest absolute Gasteiger partial charge is 0.270 e. The number of hydrogen-bond donors (Lipinski definition) is 2. The third kappa shape index (κ3) is 6.04. The van der Waals surface area contributed by atoms with Crippen LogP contribution in [-0.4, -0.2) is 59.1 Å². The Morgan fingerprint density at radius 2 is 1.69 bits per heavy atom. The fourth-order valence-corrected chi connectivity index (χ4v) is 5.32. The number of carbonyl (C=O) groups excluding carboxylic acids is 2. The number of anilines is 1. The molecule has 5 rings (SSSR count). The third-order valence-corrected chi connectivity index (χ3v) is 7.51. The minimum Gasteiger partial charge on any atom is -0.365 e. The summed E-state index contributed by atoms with van der Waals surface area (Å²) in [4.78, 5) is 32.4. The molecular formula is C27H27ClN6O4S. The van der Waals surface area contributed by atoms with E-state index in [0.717, 1.165) is 24.7 Å². The molecular weight excluding hydrogens is 540 g/mol. The van der Waals surface area contributed by atoms with E-state index in [0.29, 0.717) is 42.0 Å². The number of amides is 2. The highest BCUT2D eigenvalue weighted by Crippen LogP contribution is 2.30. The van der Waals surface area contributed by atoms with Crippen molar-refractivity contribution in [3.8, 4) is 0 Å². The largest absolute Gasteiger partial charge is 0.365 e. The molecule has 1 aliphatic heterocycles. The first-order chi connectivity index (χ1) is 18.7. The molecule has 0 unspecified atom stereocenters. The molecule has 0 spiro atoms. The van der Waals surface area contributed by atoms with E-state index < -0.39 is 15.9 Å². The summed E-state index contributed by atoms with van der Waals surface area (Å²) in [6.45, 7) is 1.54. The Balaban J connectivity index is 1.43. The van der Waals surface area contributed by atoms with Gasteiger partial charge in [-0.15, -0.1) is 0 Å². The SMILES string of the molecule is CS(=O)(=O)NC(=O)c1cnn2c(NCc3ccccc3)c(C(=O)N3CCC(c4ccc(Cl)cc4)CC3)cnc12. The second-order valence-corrected chi connectivity index (χ2v) is 11.7. The summed E-state index contributed by atoms with van der Waals surface area (Å²) in [7, 11) is -3.78. The minimum atomic E-state index is -3.78. The van der Waals surface area contributed by atoms with Crippen molar-refractivity contribution < 1.29 is 18.0 Å². The predicted molar refractivity (Wildman–Crippen MR) is 148 cm³/mol. The molecule has 0 bridgehead atoms. The molecule has 4 aromatic rings. The molecule has 0 aliphatic carbocycles. The molecule has 1 aliphatic rings. The van der Waals surface area contributed by atoms with E-state index in [9.17, 15) is 18.0 Å². The van der Waals surface area contributed by atoms with Crippen molar-refractivity contribution in [2.45, 2.75) is 25.3 Å². The van der Waals surface area contributed by atoms with Crippen molar-refractivity contribution in [2.24, 2.45) is 0 Å². The van der Waals surface area contributed by atoms with Crippen molar-refractivity contribution in [2.75, 3.05) is 24.7 Å². The molecule has 10 nitrogen and oxygen atoms in total. The lowest BCUT2D eigenvalue weighted by molar-refractivity contribution is 0.0712. The fourth-order valence-electron chi connectivity index (χ4n) is 4.74. The summed E-state index contributed by atoms with van der Waals surface area (Å²) in [5.41, 5.74) is 2.60. The Hall–Kier alpha value is -3.96. The van der Waals surface area contributed by atoms with Crippen LogP contribution in [0.25, 0.3) is 5.65 Å². The van der Waals surface area contributed by atoms with Gasteiger partial charge >= 0.3 is 0 Å². The van der Waals surface area contributed by atoms with E-state index in [-0.39, 0.29) is 17.1 Å². The summed E-state index contributed by atoms with van der Waals surface area (Å²) in [6.07, 6.45) is 5.17. The van der Waals surface area contributed by atoms with Crippen molar-refractivity contribution in [3.63, 3.8) is 0 Å². The number of carbonyl (C=O) groups is 2. The number of aromatic nitrogens is 3. The van der Waals surface area contributed by atoms with E-state index in [1.54, 1.807) is 4.90 Å². The lowest BCUT2D eigenvalue weighted by Gasteiger charge is -2.32. The first-order valence-corrected chi connectivity index (χ1v) is 14.7. The van der Waals surface area contributed by atoms with Gasteiger partial charge in [0, 0.05) is 30.9 Å². The highest BCUT2D eigenvalue weighted by Gasteiger charge is 2.28. The quantitative estimate of drug-likeness (QED) is 0.349. The number of likely N-dealkylation sites (tertiary alicyclic amines) is 1. The Labute approximate surface area is 231 Å². The molecule has 1 fully saturated rings. The van der Waals surface area contributed by atoms with Gasteiger partial charge in [0.25, 0.3) is 11.8 Å². The van der Waals surface area contributed by atoms with E-state index in [2.05, 4.69) is 15.4 Å². The van der Waals surface area contributed by atoms with Crippen LogP contribution in [0.3, 0.4) is 0 Å². The van der Waals surface area contributed by atoms with Gasteiger partial charge < -0.3 is 10.2 Å². The topological polar surface area (TPSA) is 126 Å². The van der Waals surface area contributed by atoms with Gasteiger partial charge in [-0.3, -0.25) is 9.59 Å². The van der Waals surface area contributed by atoms with Crippen molar-refractivity contribution >= 4 is 44.9 Å². The number of piperidine rings is 1. The van der Waals surface area contributed by atoms with Gasteiger partial charge in [-0.2, -0.15) is 9.61 Å². The second-order valence-electron chi connectivity index (χ2n) is 9.47. The molecule has 12 heteroatoms. The predicted octanol–water partition coefficient (Wildman–Crippen LogP) is 3.70.